The molecule has 24 heavy (non-hydrogen) atoms. The number of urea groups is 1. The standard InChI is InChI=1S/C18H24N4OS/c1-21-12-16(11-20-21)9-15-7-8-22(13-15)18(23)19-10-14-3-5-17(24-2)6-4-14/h3-6,11-12,15H,7-10,13H2,1-2H3,(H,19,23)/t15-/m1/s1. The van der Waals surface area contributed by atoms with Crippen molar-refractivity contribution < 1.29 is 4.79 Å². The van der Waals surface area contributed by atoms with Gasteiger partial charge in [0.1, 0.15) is 0 Å². The first kappa shape index (κ1) is 16.9. The molecule has 0 bridgehead atoms. The molecule has 0 unspecified atom stereocenters. The molecule has 2 heterocycles. The van der Waals surface area contributed by atoms with Crippen molar-refractivity contribution in [3.05, 3.63) is 47.8 Å². The molecule has 0 saturated carbocycles. The van der Waals surface area contributed by atoms with E-state index in [1.165, 1.54) is 10.5 Å². The predicted octanol–water partition coefficient (Wildman–Crippen LogP) is 2.92. The fourth-order valence-corrected chi connectivity index (χ4v) is 3.54. The Bertz CT molecular complexity index is 683. The number of nitrogens with one attached hydrogen (secondary N) is 1. The second kappa shape index (κ2) is 7.75. The van der Waals surface area contributed by atoms with Crippen LogP contribution in [0.1, 0.15) is 17.5 Å². The van der Waals surface area contributed by atoms with Crippen LogP contribution in [0.25, 0.3) is 0 Å². The summed E-state index contributed by atoms with van der Waals surface area (Å²) in [6.45, 7) is 2.24. The van der Waals surface area contributed by atoms with Crippen molar-refractivity contribution in [2.24, 2.45) is 13.0 Å². The van der Waals surface area contributed by atoms with E-state index in [0.717, 1.165) is 31.5 Å². The Morgan fingerprint density at radius 1 is 1.33 bits per heavy atom. The first-order valence-corrected chi connectivity index (χ1v) is 9.50. The van der Waals surface area contributed by atoms with E-state index in [0.29, 0.717) is 12.5 Å². The Morgan fingerprint density at radius 3 is 2.79 bits per heavy atom. The molecule has 1 aliphatic heterocycles. The third-order valence-corrected chi connectivity index (χ3v) is 5.20. The van der Waals surface area contributed by atoms with Crippen molar-refractivity contribution in [1.82, 2.24) is 20.0 Å². The van der Waals surface area contributed by atoms with Crippen molar-refractivity contribution in [1.29, 1.82) is 0 Å². The summed E-state index contributed by atoms with van der Waals surface area (Å²) < 4.78 is 1.83. The monoisotopic (exact) mass is 344 g/mol. The van der Waals surface area contributed by atoms with Crippen molar-refractivity contribution >= 4 is 17.8 Å². The number of hydrogen-bond donors (Lipinski definition) is 1. The van der Waals surface area contributed by atoms with Crippen LogP contribution in [0.4, 0.5) is 4.79 Å². The molecule has 0 radical (unpaired) electrons. The first-order chi connectivity index (χ1) is 11.6. The zero-order valence-electron chi connectivity index (χ0n) is 14.2. The minimum absolute atomic E-state index is 0.0395. The third-order valence-electron chi connectivity index (χ3n) is 4.46. The maximum absolute atomic E-state index is 12.3. The molecule has 128 valence electrons. The number of thioether (sulfide) groups is 1. The minimum Gasteiger partial charge on any atom is -0.334 e. The molecule has 1 fully saturated rings. The van der Waals surface area contributed by atoms with E-state index in [1.54, 1.807) is 11.8 Å². The zero-order chi connectivity index (χ0) is 16.9. The lowest BCUT2D eigenvalue weighted by atomic mass is 10.0. The van der Waals surface area contributed by atoms with Gasteiger partial charge in [0.15, 0.2) is 0 Å². The van der Waals surface area contributed by atoms with Crippen LogP contribution in [0.2, 0.25) is 0 Å². The summed E-state index contributed by atoms with van der Waals surface area (Å²) in [7, 11) is 1.93. The van der Waals surface area contributed by atoms with Crippen LogP contribution in [-0.2, 0) is 20.0 Å². The second-order valence-corrected chi connectivity index (χ2v) is 7.21. The van der Waals surface area contributed by atoms with E-state index in [1.807, 2.05) is 22.8 Å². The molecule has 3 rings (SSSR count). The predicted molar refractivity (Wildman–Crippen MR) is 97.1 cm³/mol. The lowest BCUT2D eigenvalue weighted by molar-refractivity contribution is 0.206. The molecule has 1 aromatic carbocycles. The van der Waals surface area contributed by atoms with Gasteiger partial charge in [0.05, 0.1) is 6.20 Å². The maximum atomic E-state index is 12.3. The number of rotatable bonds is 5. The van der Waals surface area contributed by atoms with Crippen LogP contribution in [0, 0.1) is 5.92 Å². The van der Waals surface area contributed by atoms with Crippen LogP contribution in [-0.4, -0.2) is 40.1 Å². The Kier molecular flexibility index (Phi) is 5.45. The highest BCUT2D eigenvalue weighted by Crippen LogP contribution is 2.21. The van der Waals surface area contributed by atoms with Crippen LogP contribution >= 0.6 is 11.8 Å². The average Bonchev–Trinajstić information content (AvgIpc) is 3.22. The number of hydrogen-bond acceptors (Lipinski definition) is 3. The molecule has 1 aromatic heterocycles. The summed E-state index contributed by atoms with van der Waals surface area (Å²) in [6, 6.07) is 8.36. The number of nitrogens with zero attached hydrogens (tertiary/aromatic N) is 3. The maximum Gasteiger partial charge on any atom is 0.317 e. The summed E-state index contributed by atoms with van der Waals surface area (Å²) in [6.07, 6.45) is 8.09. The summed E-state index contributed by atoms with van der Waals surface area (Å²) >= 11 is 1.72. The highest BCUT2D eigenvalue weighted by atomic mass is 32.2. The summed E-state index contributed by atoms with van der Waals surface area (Å²) in [5, 5.41) is 7.24. The topological polar surface area (TPSA) is 50.2 Å². The molecule has 6 heteroatoms. The SMILES string of the molecule is CSc1ccc(CNC(=O)N2CC[C@H](Cc3cnn(C)c3)C2)cc1. The Morgan fingerprint density at radius 2 is 2.12 bits per heavy atom. The van der Waals surface area contributed by atoms with Gasteiger partial charge in [0.25, 0.3) is 0 Å². The third kappa shape index (κ3) is 4.32. The minimum atomic E-state index is 0.0395. The van der Waals surface area contributed by atoms with Gasteiger partial charge in [-0.15, -0.1) is 11.8 Å². The first-order valence-electron chi connectivity index (χ1n) is 8.27. The molecule has 2 amide bonds. The summed E-state index contributed by atoms with van der Waals surface area (Å²) in [4.78, 5) is 15.5. The Labute approximate surface area is 147 Å². The number of amides is 2. The van der Waals surface area contributed by atoms with E-state index >= 15 is 0 Å². The quantitative estimate of drug-likeness (QED) is 0.849. The van der Waals surface area contributed by atoms with E-state index in [2.05, 4.69) is 47.1 Å². The normalized spacial score (nSPS) is 17.2. The zero-order valence-corrected chi connectivity index (χ0v) is 15.1. The van der Waals surface area contributed by atoms with Gasteiger partial charge in [-0.25, -0.2) is 4.79 Å². The Balaban J connectivity index is 1.45. The molecule has 1 atom stereocenters. The number of benzene rings is 1. The number of carbonyl (C=O) groups excluding carboxylic acids is 1. The summed E-state index contributed by atoms with van der Waals surface area (Å²) in [5.74, 6) is 0.529. The van der Waals surface area contributed by atoms with Crippen LogP contribution in [0.5, 0.6) is 0 Å². The average molecular weight is 344 g/mol. The number of aryl methyl sites for hydroxylation is 1. The van der Waals surface area contributed by atoms with Gasteiger partial charge in [-0.3, -0.25) is 4.68 Å². The van der Waals surface area contributed by atoms with Crippen molar-refractivity contribution in [3.63, 3.8) is 0 Å². The fourth-order valence-electron chi connectivity index (χ4n) is 3.13. The van der Waals surface area contributed by atoms with Gasteiger partial charge in [-0.2, -0.15) is 5.10 Å². The lowest BCUT2D eigenvalue weighted by Crippen LogP contribution is -2.38. The summed E-state index contributed by atoms with van der Waals surface area (Å²) in [5.41, 5.74) is 2.38. The van der Waals surface area contributed by atoms with Crippen LogP contribution < -0.4 is 5.32 Å². The highest BCUT2D eigenvalue weighted by molar-refractivity contribution is 7.98. The van der Waals surface area contributed by atoms with Crippen LogP contribution in [0.15, 0.2) is 41.6 Å². The molecule has 0 spiro atoms. The van der Waals surface area contributed by atoms with Crippen molar-refractivity contribution in [2.75, 3.05) is 19.3 Å². The van der Waals surface area contributed by atoms with Gasteiger partial charge >= 0.3 is 6.03 Å². The van der Waals surface area contributed by atoms with Gasteiger partial charge < -0.3 is 10.2 Å². The van der Waals surface area contributed by atoms with Gasteiger partial charge in [-0.1, -0.05) is 12.1 Å². The number of carbonyl (C=O) groups is 1. The molecule has 5 nitrogen and oxygen atoms in total. The molecular formula is C18H24N4OS. The Hall–Kier alpha value is -1.95. The molecule has 0 aliphatic carbocycles. The number of likely N-dealkylation sites (tertiary alicyclic amines) is 1. The number of aromatic nitrogens is 2. The molecule has 2 aromatic rings. The smallest absolute Gasteiger partial charge is 0.317 e. The van der Waals surface area contributed by atoms with Crippen molar-refractivity contribution in [2.45, 2.75) is 24.3 Å². The van der Waals surface area contributed by atoms with Crippen molar-refractivity contribution in [3.8, 4) is 0 Å². The fraction of sp³-hybridized carbons (Fsp3) is 0.444. The molecular weight excluding hydrogens is 320 g/mol. The van der Waals surface area contributed by atoms with Crippen LogP contribution in [0.3, 0.4) is 0 Å². The highest BCUT2D eigenvalue weighted by Gasteiger charge is 2.26. The molecule has 1 N–H and O–H groups in total. The molecule has 1 saturated heterocycles. The largest absolute Gasteiger partial charge is 0.334 e. The van der Waals surface area contributed by atoms with Gasteiger partial charge in [0.2, 0.25) is 0 Å². The van der Waals surface area contributed by atoms with Gasteiger partial charge in [-0.05, 0) is 48.3 Å². The van der Waals surface area contributed by atoms with E-state index in [4.69, 9.17) is 0 Å². The molecule has 1 aliphatic rings. The van der Waals surface area contributed by atoms with E-state index < -0.39 is 0 Å². The van der Waals surface area contributed by atoms with E-state index in [9.17, 15) is 4.79 Å². The lowest BCUT2D eigenvalue weighted by Gasteiger charge is -2.17. The second-order valence-electron chi connectivity index (χ2n) is 6.33. The van der Waals surface area contributed by atoms with Gasteiger partial charge in [0, 0.05) is 37.8 Å². The van der Waals surface area contributed by atoms with E-state index in [-0.39, 0.29) is 6.03 Å².